The topological polar surface area (TPSA) is 50.1 Å². The number of nitrogens with one attached hydrogen (secondary N) is 1. The second kappa shape index (κ2) is 4.06. The monoisotopic (exact) mass is 261 g/mol. The predicted molar refractivity (Wildman–Crippen MR) is 70.3 cm³/mol. The van der Waals surface area contributed by atoms with E-state index in [2.05, 4.69) is 10.3 Å². The van der Waals surface area contributed by atoms with E-state index in [4.69, 9.17) is 0 Å². The molecule has 0 unspecified atom stereocenters. The molecule has 1 aliphatic heterocycles. The summed E-state index contributed by atoms with van der Waals surface area (Å²) in [7, 11) is 0. The first kappa shape index (κ1) is 12.2. The summed E-state index contributed by atoms with van der Waals surface area (Å²) in [6.07, 6.45) is 0. The van der Waals surface area contributed by atoms with Crippen molar-refractivity contribution in [3.05, 3.63) is 35.9 Å². The summed E-state index contributed by atoms with van der Waals surface area (Å²) in [5.41, 5.74) is 0.942. The first-order valence-corrected chi connectivity index (χ1v) is 6.30. The smallest absolute Gasteiger partial charge is 0.219 e. The highest BCUT2D eigenvalue weighted by atomic mass is 19.1. The number of aromatic nitrogens is 2. The van der Waals surface area contributed by atoms with Crippen molar-refractivity contribution >= 4 is 0 Å². The average molecular weight is 261 g/mol. The minimum atomic E-state index is -0.297. The van der Waals surface area contributed by atoms with E-state index in [1.54, 1.807) is 12.1 Å². The van der Waals surface area contributed by atoms with E-state index in [0.717, 1.165) is 17.9 Å². The molecule has 5 heteroatoms. The fourth-order valence-corrected chi connectivity index (χ4v) is 2.49. The first-order chi connectivity index (χ1) is 8.99. The van der Waals surface area contributed by atoms with Crippen LogP contribution in [0.25, 0.3) is 11.3 Å². The summed E-state index contributed by atoms with van der Waals surface area (Å²) >= 11 is 0. The zero-order chi connectivity index (χ0) is 13.6. The van der Waals surface area contributed by atoms with Gasteiger partial charge in [-0.25, -0.2) is 9.37 Å². The molecular formula is C14H16FN3O. The highest BCUT2D eigenvalue weighted by molar-refractivity contribution is 5.65. The van der Waals surface area contributed by atoms with E-state index in [-0.39, 0.29) is 17.2 Å². The fourth-order valence-electron chi connectivity index (χ4n) is 2.49. The number of fused-ring (bicyclic) bond motifs is 1. The third kappa shape index (κ3) is 1.90. The highest BCUT2D eigenvalue weighted by Gasteiger charge is 2.32. The lowest BCUT2D eigenvalue weighted by molar-refractivity contribution is 0.296. The van der Waals surface area contributed by atoms with E-state index < -0.39 is 0 Å². The highest BCUT2D eigenvalue weighted by Crippen LogP contribution is 2.35. The fraction of sp³-hybridized carbons (Fsp3) is 0.357. The maximum atomic E-state index is 13.0. The van der Waals surface area contributed by atoms with E-state index in [1.807, 2.05) is 18.4 Å². The molecule has 1 aromatic heterocycles. The Hall–Kier alpha value is -1.88. The number of benzene rings is 1. The molecule has 0 fully saturated rings. The van der Waals surface area contributed by atoms with Gasteiger partial charge in [-0.2, -0.15) is 0 Å². The predicted octanol–water partition coefficient (Wildman–Crippen LogP) is 2.23. The van der Waals surface area contributed by atoms with Gasteiger partial charge >= 0.3 is 0 Å². The average Bonchev–Trinajstić information content (AvgIpc) is 2.70. The van der Waals surface area contributed by atoms with Crippen LogP contribution in [0.15, 0.2) is 24.3 Å². The molecule has 4 nitrogen and oxygen atoms in total. The van der Waals surface area contributed by atoms with Crippen molar-refractivity contribution < 1.29 is 9.50 Å². The number of aromatic hydroxyl groups is 1. The van der Waals surface area contributed by atoms with Crippen LogP contribution in [-0.4, -0.2) is 21.2 Å². The molecule has 2 aromatic rings. The van der Waals surface area contributed by atoms with Gasteiger partial charge in [0.25, 0.3) is 0 Å². The number of hydrogen-bond donors (Lipinski definition) is 2. The van der Waals surface area contributed by atoms with Gasteiger partial charge in [0, 0.05) is 18.7 Å². The van der Waals surface area contributed by atoms with Crippen LogP contribution in [0.1, 0.15) is 19.7 Å². The summed E-state index contributed by atoms with van der Waals surface area (Å²) in [5.74, 6) is 0.654. The van der Waals surface area contributed by atoms with Crippen LogP contribution >= 0.6 is 0 Å². The molecule has 1 aromatic carbocycles. The van der Waals surface area contributed by atoms with Crippen molar-refractivity contribution in [1.82, 2.24) is 14.9 Å². The second-order valence-corrected chi connectivity index (χ2v) is 5.32. The number of imidazole rings is 1. The maximum absolute atomic E-state index is 13.0. The lowest BCUT2D eigenvalue weighted by Crippen LogP contribution is -2.45. The van der Waals surface area contributed by atoms with Gasteiger partial charge in [0.1, 0.15) is 17.3 Å². The Kier molecular flexibility index (Phi) is 2.60. The third-order valence-electron chi connectivity index (χ3n) is 3.52. The van der Waals surface area contributed by atoms with Gasteiger partial charge in [0.05, 0.1) is 5.54 Å². The van der Waals surface area contributed by atoms with Crippen LogP contribution in [0.2, 0.25) is 0 Å². The summed E-state index contributed by atoms with van der Waals surface area (Å²) in [6, 6.07) is 6.00. The third-order valence-corrected chi connectivity index (χ3v) is 3.52. The molecule has 0 saturated carbocycles. The van der Waals surface area contributed by atoms with Crippen molar-refractivity contribution in [1.29, 1.82) is 0 Å². The Bertz CT molecular complexity index is 616. The lowest BCUT2D eigenvalue weighted by atomic mass is 10.0. The largest absolute Gasteiger partial charge is 0.493 e. The second-order valence-electron chi connectivity index (χ2n) is 5.32. The van der Waals surface area contributed by atoms with Crippen molar-refractivity contribution in [3.63, 3.8) is 0 Å². The standard InChI is InChI=1S/C14H16FN3O/c1-14(2)13-17-11(9-3-5-10(15)6-4-9)12(19)18(13)8-7-16-14/h3-6,16,19H,7-8H2,1-2H3. The SMILES string of the molecule is CC1(C)NCCn2c1nc(-c1ccc(F)cc1)c2O. The molecule has 100 valence electrons. The van der Waals surface area contributed by atoms with Gasteiger partial charge in [-0.05, 0) is 38.1 Å². The molecule has 3 rings (SSSR count). The van der Waals surface area contributed by atoms with Crippen molar-refractivity contribution in [3.8, 4) is 17.1 Å². The molecule has 0 bridgehead atoms. The zero-order valence-corrected chi connectivity index (χ0v) is 10.9. The maximum Gasteiger partial charge on any atom is 0.219 e. The molecule has 1 aliphatic rings. The number of rotatable bonds is 1. The normalized spacial score (nSPS) is 17.2. The van der Waals surface area contributed by atoms with Crippen molar-refractivity contribution in [2.45, 2.75) is 25.9 Å². The van der Waals surface area contributed by atoms with Crippen LogP contribution in [-0.2, 0) is 12.1 Å². The summed E-state index contributed by atoms with van der Waals surface area (Å²) in [6.45, 7) is 5.52. The first-order valence-electron chi connectivity index (χ1n) is 6.30. The van der Waals surface area contributed by atoms with E-state index in [0.29, 0.717) is 12.2 Å². The van der Waals surface area contributed by atoms with Crippen LogP contribution in [0, 0.1) is 5.82 Å². The molecular weight excluding hydrogens is 245 g/mol. The summed E-state index contributed by atoms with van der Waals surface area (Å²) in [4.78, 5) is 4.53. The Balaban J connectivity index is 2.14. The lowest BCUT2D eigenvalue weighted by Gasteiger charge is -2.31. The van der Waals surface area contributed by atoms with E-state index >= 15 is 0 Å². The van der Waals surface area contributed by atoms with Crippen molar-refractivity contribution in [2.75, 3.05) is 6.54 Å². The molecule has 0 radical (unpaired) electrons. The van der Waals surface area contributed by atoms with Gasteiger partial charge in [0.15, 0.2) is 0 Å². The van der Waals surface area contributed by atoms with Gasteiger partial charge in [0.2, 0.25) is 5.88 Å². The quantitative estimate of drug-likeness (QED) is 0.827. The minimum Gasteiger partial charge on any atom is -0.493 e. The number of nitrogens with zero attached hydrogens (tertiary/aromatic N) is 2. The molecule has 2 heterocycles. The Morgan fingerprint density at radius 3 is 2.63 bits per heavy atom. The van der Waals surface area contributed by atoms with Gasteiger partial charge < -0.3 is 10.4 Å². The molecule has 0 aliphatic carbocycles. The van der Waals surface area contributed by atoms with Crippen LogP contribution < -0.4 is 5.32 Å². The number of halogens is 1. The molecule has 0 saturated heterocycles. The number of hydrogen-bond acceptors (Lipinski definition) is 3. The summed E-state index contributed by atoms with van der Waals surface area (Å²) < 4.78 is 14.8. The Morgan fingerprint density at radius 2 is 2.00 bits per heavy atom. The van der Waals surface area contributed by atoms with Crippen LogP contribution in [0.3, 0.4) is 0 Å². The van der Waals surface area contributed by atoms with Gasteiger partial charge in [-0.1, -0.05) is 0 Å². The molecule has 0 atom stereocenters. The molecule has 0 spiro atoms. The Morgan fingerprint density at radius 1 is 1.32 bits per heavy atom. The summed E-state index contributed by atoms with van der Waals surface area (Å²) in [5, 5.41) is 13.7. The molecule has 0 amide bonds. The van der Waals surface area contributed by atoms with Gasteiger partial charge in [-0.15, -0.1) is 0 Å². The van der Waals surface area contributed by atoms with E-state index in [9.17, 15) is 9.50 Å². The van der Waals surface area contributed by atoms with Gasteiger partial charge in [-0.3, -0.25) is 4.57 Å². The Labute approximate surface area is 110 Å². The zero-order valence-electron chi connectivity index (χ0n) is 10.9. The van der Waals surface area contributed by atoms with Crippen molar-refractivity contribution in [2.24, 2.45) is 0 Å². The van der Waals surface area contributed by atoms with E-state index in [1.165, 1.54) is 12.1 Å². The van der Waals surface area contributed by atoms with Crippen LogP contribution in [0.4, 0.5) is 4.39 Å². The molecule has 19 heavy (non-hydrogen) atoms. The minimum absolute atomic E-state index is 0.149. The molecule has 2 N–H and O–H groups in total. The van der Waals surface area contributed by atoms with Crippen LogP contribution in [0.5, 0.6) is 5.88 Å².